The van der Waals surface area contributed by atoms with Crippen molar-refractivity contribution in [3.8, 4) is 0 Å². The second kappa shape index (κ2) is 6.57. The Labute approximate surface area is 149 Å². The van der Waals surface area contributed by atoms with E-state index >= 15 is 0 Å². The van der Waals surface area contributed by atoms with Crippen LogP contribution in [-0.4, -0.2) is 26.8 Å². The number of rotatable bonds is 4. The highest BCUT2D eigenvalue weighted by molar-refractivity contribution is 6.34. The van der Waals surface area contributed by atoms with E-state index in [9.17, 15) is 9.59 Å². The highest BCUT2D eigenvalue weighted by atomic mass is 35.5. The molecule has 0 spiro atoms. The van der Waals surface area contributed by atoms with Crippen LogP contribution in [0.2, 0.25) is 5.02 Å². The molecular weight excluding hydrogens is 342 g/mol. The number of carboxylic acid groups (broad SMARTS) is 1. The lowest BCUT2D eigenvalue weighted by molar-refractivity contribution is -0.138. The highest BCUT2D eigenvalue weighted by Gasteiger charge is 2.18. The first-order chi connectivity index (χ1) is 11.9. The van der Waals surface area contributed by atoms with Gasteiger partial charge >= 0.3 is 5.97 Å². The topological polar surface area (TPSA) is 84.2 Å². The van der Waals surface area contributed by atoms with Crippen molar-refractivity contribution in [2.24, 2.45) is 7.05 Å². The molecule has 1 heterocycles. The number of carboxylic acids is 1. The number of benzene rings is 2. The number of hydrogen-bond acceptors (Lipinski definition) is 3. The van der Waals surface area contributed by atoms with Gasteiger partial charge in [-0.15, -0.1) is 0 Å². The van der Waals surface area contributed by atoms with Crippen molar-refractivity contribution < 1.29 is 14.7 Å². The Hall–Kier alpha value is -2.86. The maximum atomic E-state index is 12.6. The van der Waals surface area contributed by atoms with E-state index in [1.165, 1.54) is 0 Å². The fourth-order valence-electron chi connectivity index (χ4n) is 2.61. The molecule has 0 aliphatic carbocycles. The first-order valence-electron chi connectivity index (χ1n) is 7.64. The van der Waals surface area contributed by atoms with Gasteiger partial charge in [-0.05, 0) is 30.7 Å². The van der Waals surface area contributed by atoms with E-state index in [1.54, 1.807) is 36.9 Å². The van der Waals surface area contributed by atoms with Gasteiger partial charge in [-0.25, -0.2) is 0 Å². The van der Waals surface area contributed by atoms with Crippen LogP contribution in [0.15, 0.2) is 42.5 Å². The van der Waals surface area contributed by atoms with Crippen LogP contribution in [-0.2, 0) is 11.8 Å². The summed E-state index contributed by atoms with van der Waals surface area (Å²) >= 11 is 6.20. The maximum absolute atomic E-state index is 12.6. The molecule has 0 aliphatic rings. The summed E-state index contributed by atoms with van der Waals surface area (Å²) in [5.41, 5.74) is 2.13. The molecule has 3 aromatic rings. The summed E-state index contributed by atoms with van der Waals surface area (Å²) in [6.45, 7) is 1.58. The molecule has 1 unspecified atom stereocenters. The molecule has 2 N–H and O–H groups in total. The van der Waals surface area contributed by atoms with Gasteiger partial charge in [0.05, 0.1) is 22.1 Å². The summed E-state index contributed by atoms with van der Waals surface area (Å²) in [7, 11) is 1.77. The average molecular weight is 358 g/mol. The Morgan fingerprint density at radius 3 is 2.64 bits per heavy atom. The molecule has 128 valence electrons. The predicted octanol–water partition coefficient (Wildman–Crippen LogP) is 3.67. The number of amides is 1. The molecule has 0 bridgehead atoms. The number of aryl methyl sites for hydroxylation is 1. The van der Waals surface area contributed by atoms with Crippen LogP contribution in [0.1, 0.15) is 28.9 Å². The largest absolute Gasteiger partial charge is 0.481 e. The fraction of sp³-hybridized carbons (Fsp3) is 0.167. The zero-order valence-electron chi connectivity index (χ0n) is 13.7. The van der Waals surface area contributed by atoms with Crippen LogP contribution in [0.25, 0.3) is 10.9 Å². The van der Waals surface area contributed by atoms with E-state index in [1.807, 2.05) is 24.3 Å². The first kappa shape index (κ1) is 17.0. The molecule has 0 radical (unpaired) electrons. The SMILES string of the molecule is CC(C(=O)O)c1ccc(NC(=O)c2nn(C)c3ccccc23)c(Cl)c1. The minimum Gasteiger partial charge on any atom is -0.481 e. The fourth-order valence-corrected chi connectivity index (χ4v) is 2.84. The Balaban J connectivity index is 1.89. The van der Waals surface area contributed by atoms with Crippen molar-refractivity contribution in [1.29, 1.82) is 0 Å². The maximum Gasteiger partial charge on any atom is 0.310 e. The predicted molar refractivity (Wildman–Crippen MR) is 96.2 cm³/mol. The van der Waals surface area contributed by atoms with Gasteiger partial charge in [-0.3, -0.25) is 14.3 Å². The summed E-state index contributed by atoms with van der Waals surface area (Å²) < 4.78 is 1.64. The lowest BCUT2D eigenvalue weighted by atomic mass is 10.0. The Bertz CT molecular complexity index is 981. The number of nitrogens with zero attached hydrogens (tertiary/aromatic N) is 2. The molecule has 0 saturated carbocycles. The van der Waals surface area contributed by atoms with E-state index in [2.05, 4.69) is 10.4 Å². The molecular formula is C18H16ClN3O3. The summed E-state index contributed by atoms with van der Waals surface area (Å²) in [5.74, 6) is -1.99. The number of carbonyl (C=O) groups excluding carboxylic acids is 1. The Kier molecular flexibility index (Phi) is 4.46. The smallest absolute Gasteiger partial charge is 0.310 e. The van der Waals surface area contributed by atoms with Gasteiger partial charge in [0.2, 0.25) is 0 Å². The molecule has 1 atom stereocenters. The van der Waals surface area contributed by atoms with Gasteiger partial charge < -0.3 is 10.4 Å². The van der Waals surface area contributed by atoms with Gasteiger partial charge in [0.25, 0.3) is 5.91 Å². The monoisotopic (exact) mass is 357 g/mol. The van der Waals surface area contributed by atoms with Gasteiger partial charge in [0, 0.05) is 12.4 Å². The van der Waals surface area contributed by atoms with Crippen molar-refractivity contribution >= 4 is 40.1 Å². The van der Waals surface area contributed by atoms with Crippen molar-refractivity contribution in [3.05, 3.63) is 58.7 Å². The van der Waals surface area contributed by atoms with Crippen molar-refractivity contribution in [2.45, 2.75) is 12.8 Å². The zero-order chi connectivity index (χ0) is 18.1. The van der Waals surface area contributed by atoms with Gasteiger partial charge in [0.15, 0.2) is 5.69 Å². The quantitative estimate of drug-likeness (QED) is 0.746. The van der Waals surface area contributed by atoms with Crippen LogP contribution in [0.3, 0.4) is 0 Å². The lowest BCUT2D eigenvalue weighted by Gasteiger charge is -2.11. The van der Waals surface area contributed by atoms with Crippen LogP contribution in [0.4, 0.5) is 5.69 Å². The van der Waals surface area contributed by atoms with E-state index in [0.29, 0.717) is 16.9 Å². The number of aromatic nitrogens is 2. The number of anilines is 1. The van der Waals surface area contributed by atoms with Crippen LogP contribution >= 0.6 is 11.6 Å². The Morgan fingerprint density at radius 2 is 1.96 bits per heavy atom. The standard InChI is InChI=1S/C18H16ClN3O3/c1-10(18(24)25)11-7-8-14(13(19)9-11)20-17(23)16-12-5-3-4-6-15(12)22(2)21-16/h3-10H,1-2H3,(H,20,23)(H,24,25). The second-order valence-corrected chi connectivity index (χ2v) is 6.15. The number of hydrogen-bond donors (Lipinski definition) is 2. The third-order valence-corrected chi connectivity index (χ3v) is 4.40. The van der Waals surface area contributed by atoms with Crippen LogP contribution < -0.4 is 5.32 Å². The first-order valence-corrected chi connectivity index (χ1v) is 8.01. The molecule has 3 rings (SSSR count). The lowest BCUT2D eigenvalue weighted by Crippen LogP contribution is -2.14. The zero-order valence-corrected chi connectivity index (χ0v) is 14.4. The van der Waals surface area contributed by atoms with E-state index < -0.39 is 11.9 Å². The Morgan fingerprint density at radius 1 is 1.24 bits per heavy atom. The van der Waals surface area contributed by atoms with E-state index in [4.69, 9.17) is 16.7 Å². The minimum atomic E-state index is -0.937. The molecule has 1 aromatic heterocycles. The summed E-state index contributed by atoms with van der Waals surface area (Å²) in [4.78, 5) is 23.6. The molecule has 2 aromatic carbocycles. The molecule has 0 saturated heterocycles. The number of aliphatic carboxylic acids is 1. The summed E-state index contributed by atoms with van der Waals surface area (Å²) in [6, 6.07) is 12.2. The van der Waals surface area contributed by atoms with Crippen molar-refractivity contribution in [1.82, 2.24) is 9.78 Å². The number of fused-ring (bicyclic) bond motifs is 1. The third-order valence-electron chi connectivity index (χ3n) is 4.08. The van der Waals surface area contributed by atoms with Crippen LogP contribution in [0, 0.1) is 0 Å². The normalized spacial score (nSPS) is 12.1. The number of para-hydroxylation sites is 1. The highest BCUT2D eigenvalue weighted by Crippen LogP contribution is 2.28. The number of carbonyl (C=O) groups is 2. The number of nitrogens with one attached hydrogen (secondary N) is 1. The molecule has 0 fully saturated rings. The molecule has 0 aliphatic heterocycles. The average Bonchev–Trinajstić information content (AvgIpc) is 2.93. The van der Waals surface area contributed by atoms with Gasteiger partial charge in [0.1, 0.15) is 0 Å². The third kappa shape index (κ3) is 3.21. The number of halogens is 1. The summed E-state index contributed by atoms with van der Waals surface area (Å²) in [6.07, 6.45) is 0. The van der Waals surface area contributed by atoms with Gasteiger partial charge in [-0.1, -0.05) is 35.9 Å². The molecule has 7 heteroatoms. The van der Waals surface area contributed by atoms with E-state index in [0.717, 1.165) is 10.9 Å². The molecule has 6 nitrogen and oxygen atoms in total. The van der Waals surface area contributed by atoms with Crippen LogP contribution in [0.5, 0.6) is 0 Å². The molecule has 1 amide bonds. The minimum absolute atomic E-state index is 0.277. The van der Waals surface area contributed by atoms with Gasteiger partial charge in [-0.2, -0.15) is 5.10 Å². The molecule has 25 heavy (non-hydrogen) atoms. The van der Waals surface area contributed by atoms with Crippen molar-refractivity contribution in [2.75, 3.05) is 5.32 Å². The van der Waals surface area contributed by atoms with Crippen molar-refractivity contribution in [3.63, 3.8) is 0 Å². The van der Waals surface area contributed by atoms with E-state index in [-0.39, 0.29) is 10.9 Å². The summed E-state index contributed by atoms with van der Waals surface area (Å²) in [5, 5.41) is 17.1. The second-order valence-electron chi connectivity index (χ2n) is 5.74.